The highest BCUT2D eigenvalue weighted by molar-refractivity contribution is 7.17. The number of aromatic nitrogens is 3. The van der Waals surface area contributed by atoms with Crippen LogP contribution in [-0.2, 0) is 11.3 Å². The molecule has 3 aromatic heterocycles. The third-order valence-corrected chi connectivity index (χ3v) is 7.66. The number of fused-ring (bicyclic) bond motifs is 2. The average Bonchev–Trinajstić information content (AvgIpc) is 3.22. The Labute approximate surface area is 183 Å². The SMILES string of the molecule is Cc1cc(CN2CCC3(CC2)COC3)cc2c(=O)[nH]c(-c3cc4sccc4cn3)nc12. The highest BCUT2D eigenvalue weighted by Gasteiger charge is 2.40. The van der Waals surface area contributed by atoms with Gasteiger partial charge in [0.25, 0.3) is 5.56 Å². The third kappa shape index (κ3) is 3.37. The molecule has 6 rings (SSSR count). The Bertz CT molecular complexity index is 1340. The molecule has 0 atom stereocenters. The lowest BCUT2D eigenvalue weighted by Gasteiger charge is -2.47. The summed E-state index contributed by atoms with van der Waals surface area (Å²) in [6.07, 6.45) is 4.24. The number of nitrogens with one attached hydrogen (secondary N) is 1. The summed E-state index contributed by atoms with van der Waals surface area (Å²) in [5.41, 5.74) is 3.97. The van der Waals surface area contributed by atoms with E-state index in [0.29, 0.717) is 22.3 Å². The minimum atomic E-state index is -0.109. The molecule has 0 bridgehead atoms. The van der Waals surface area contributed by atoms with Gasteiger partial charge in [0.1, 0.15) is 5.69 Å². The van der Waals surface area contributed by atoms with E-state index >= 15 is 0 Å². The molecule has 0 radical (unpaired) electrons. The Kier molecular flexibility index (Phi) is 4.45. The highest BCUT2D eigenvalue weighted by atomic mass is 32.1. The smallest absolute Gasteiger partial charge is 0.259 e. The Hall–Kier alpha value is -2.61. The van der Waals surface area contributed by atoms with E-state index in [1.54, 1.807) is 11.3 Å². The van der Waals surface area contributed by atoms with E-state index in [9.17, 15) is 4.79 Å². The second kappa shape index (κ2) is 7.22. The van der Waals surface area contributed by atoms with E-state index < -0.39 is 0 Å². The lowest BCUT2D eigenvalue weighted by atomic mass is 9.77. The van der Waals surface area contributed by atoms with E-state index in [0.717, 1.165) is 54.0 Å². The van der Waals surface area contributed by atoms with Gasteiger partial charge in [-0.2, -0.15) is 0 Å². The molecule has 2 fully saturated rings. The number of aryl methyl sites for hydroxylation is 1. The number of benzene rings is 1. The van der Waals surface area contributed by atoms with Crippen LogP contribution in [0.15, 0.2) is 40.6 Å². The number of H-pyrrole nitrogens is 1. The quantitative estimate of drug-likeness (QED) is 0.527. The second-order valence-electron chi connectivity index (χ2n) is 9.02. The van der Waals surface area contributed by atoms with Gasteiger partial charge in [0.15, 0.2) is 5.82 Å². The molecule has 2 aliphatic rings. The van der Waals surface area contributed by atoms with Crippen molar-refractivity contribution in [3.8, 4) is 11.5 Å². The molecule has 0 aliphatic carbocycles. The molecule has 6 nitrogen and oxygen atoms in total. The first kappa shape index (κ1) is 19.1. The van der Waals surface area contributed by atoms with Gasteiger partial charge in [0, 0.05) is 28.2 Å². The minimum Gasteiger partial charge on any atom is -0.380 e. The molecule has 7 heteroatoms. The van der Waals surface area contributed by atoms with Crippen LogP contribution in [0.25, 0.3) is 32.5 Å². The first-order valence-corrected chi connectivity index (χ1v) is 11.6. The number of thiophene rings is 1. The molecular weight excluding hydrogens is 408 g/mol. The Morgan fingerprint density at radius 1 is 1.23 bits per heavy atom. The minimum absolute atomic E-state index is 0.109. The number of ether oxygens (including phenoxy) is 1. The van der Waals surface area contributed by atoms with Gasteiger partial charge in [-0.25, -0.2) is 4.98 Å². The van der Waals surface area contributed by atoms with E-state index in [1.165, 1.54) is 18.4 Å². The van der Waals surface area contributed by atoms with Gasteiger partial charge >= 0.3 is 0 Å². The van der Waals surface area contributed by atoms with Crippen molar-refractivity contribution in [2.45, 2.75) is 26.3 Å². The van der Waals surface area contributed by atoms with Crippen molar-refractivity contribution in [1.29, 1.82) is 0 Å². The van der Waals surface area contributed by atoms with Crippen LogP contribution in [0.3, 0.4) is 0 Å². The average molecular weight is 433 g/mol. The van der Waals surface area contributed by atoms with Crippen LogP contribution in [0.1, 0.15) is 24.0 Å². The Morgan fingerprint density at radius 3 is 2.84 bits per heavy atom. The summed E-state index contributed by atoms with van der Waals surface area (Å²) in [6.45, 7) is 6.93. The summed E-state index contributed by atoms with van der Waals surface area (Å²) in [7, 11) is 0. The second-order valence-corrected chi connectivity index (χ2v) is 9.97. The fourth-order valence-corrected chi connectivity index (χ4v) is 5.61. The van der Waals surface area contributed by atoms with Crippen LogP contribution in [0.2, 0.25) is 0 Å². The lowest BCUT2D eigenvalue weighted by Crippen LogP contribution is -2.50. The molecule has 1 N–H and O–H groups in total. The zero-order valence-electron chi connectivity index (χ0n) is 17.5. The molecule has 4 aromatic rings. The number of likely N-dealkylation sites (tertiary alicyclic amines) is 1. The molecule has 5 heterocycles. The van der Waals surface area contributed by atoms with Crippen molar-refractivity contribution in [1.82, 2.24) is 19.9 Å². The summed E-state index contributed by atoms with van der Waals surface area (Å²) in [6, 6.07) is 8.21. The molecule has 158 valence electrons. The number of rotatable bonds is 3. The fourth-order valence-electron chi connectivity index (χ4n) is 4.81. The summed E-state index contributed by atoms with van der Waals surface area (Å²) >= 11 is 1.66. The number of pyridine rings is 1. The van der Waals surface area contributed by atoms with E-state index in [1.807, 2.05) is 36.7 Å². The van der Waals surface area contributed by atoms with Crippen molar-refractivity contribution >= 4 is 32.3 Å². The van der Waals surface area contributed by atoms with Gasteiger partial charge in [-0.05, 0) is 67.6 Å². The standard InChI is InChI=1S/C24H24N4O2S/c1-15-8-16(12-28-5-3-24(4-6-28)13-30-14-24)9-18-21(15)26-22(27-23(18)29)19-10-20-17(11-25-19)2-7-31-20/h2,7-11H,3-6,12-14H2,1H3,(H,26,27,29). The topological polar surface area (TPSA) is 71.1 Å². The Morgan fingerprint density at radius 2 is 2.06 bits per heavy atom. The van der Waals surface area contributed by atoms with E-state index in [4.69, 9.17) is 9.72 Å². The van der Waals surface area contributed by atoms with Gasteiger partial charge in [-0.3, -0.25) is 14.7 Å². The van der Waals surface area contributed by atoms with Crippen LogP contribution < -0.4 is 5.56 Å². The molecule has 1 spiro atoms. The van der Waals surface area contributed by atoms with Crippen molar-refractivity contribution in [3.05, 3.63) is 57.3 Å². The summed E-state index contributed by atoms with van der Waals surface area (Å²) < 4.78 is 6.57. The lowest BCUT2D eigenvalue weighted by molar-refractivity contribution is -0.140. The predicted octanol–water partition coefficient (Wildman–Crippen LogP) is 4.12. The maximum absolute atomic E-state index is 13.0. The van der Waals surface area contributed by atoms with Gasteiger partial charge in [-0.1, -0.05) is 6.07 Å². The number of hydrogen-bond donors (Lipinski definition) is 1. The summed E-state index contributed by atoms with van der Waals surface area (Å²) in [5, 5.41) is 3.79. The number of nitrogens with zero attached hydrogens (tertiary/aromatic N) is 3. The number of hydrogen-bond acceptors (Lipinski definition) is 6. The summed E-state index contributed by atoms with van der Waals surface area (Å²) in [5.74, 6) is 0.521. The van der Waals surface area contributed by atoms with Gasteiger partial charge < -0.3 is 9.72 Å². The molecule has 2 aliphatic heterocycles. The molecular formula is C24H24N4O2S. The zero-order chi connectivity index (χ0) is 21.0. The monoisotopic (exact) mass is 432 g/mol. The van der Waals surface area contributed by atoms with Crippen LogP contribution in [-0.4, -0.2) is 46.2 Å². The number of piperidine rings is 1. The van der Waals surface area contributed by atoms with Gasteiger partial charge in [0.2, 0.25) is 0 Å². The predicted molar refractivity (Wildman–Crippen MR) is 123 cm³/mol. The van der Waals surface area contributed by atoms with Crippen molar-refractivity contribution in [2.75, 3.05) is 26.3 Å². The Balaban J connectivity index is 1.31. The van der Waals surface area contributed by atoms with Crippen molar-refractivity contribution in [3.63, 3.8) is 0 Å². The van der Waals surface area contributed by atoms with E-state index in [2.05, 4.69) is 20.9 Å². The van der Waals surface area contributed by atoms with Gasteiger partial charge in [-0.15, -0.1) is 11.3 Å². The normalized spacial score (nSPS) is 18.6. The maximum Gasteiger partial charge on any atom is 0.259 e. The van der Waals surface area contributed by atoms with Gasteiger partial charge in [0.05, 0.1) is 24.1 Å². The van der Waals surface area contributed by atoms with Crippen molar-refractivity contribution < 1.29 is 4.74 Å². The molecule has 0 unspecified atom stereocenters. The van der Waals surface area contributed by atoms with Crippen LogP contribution in [0.4, 0.5) is 0 Å². The zero-order valence-corrected chi connectivity index (χ0v) is 18.3. The largest absolute Gasteiger partial charge is 0.380 e. The van der Waals surface area contributed by atoms with Crippen LogP contribution in [0.5, 0.6) is 0 Å². The molecule has 31 heavy (non-hydrogen) atoms. The van der Waals surface area contributed by atoms with Crippen LogP contribution >= 0.6 is 11.3 Å². The van der Waals surface area contributed by atoms with Crippen molar-refractivity contribution in [2.24, 2.45) is 5.41 Å². The van der Waals surface area contributed by atoms with E-state index in [-0.39, 0.29) is 5.56 Å². The maximum atomic E-state index is 13.0. The third-order valence-electron chi connectivity index (χ3n) is 6.78. The first-order chi connectivity index (χ1) is 15.1. The highest BCUT2D eigenvalue weighted by Crippen LogP contribution is 2.38. The van der Waals surface area contributed by atoms with Crippen LogP contribution in [0, 0.1) is 12.3 Å². The molecule has 0 amide bonds. The molecule has 0 saturated carbocycles. The molecule has 1 aromatic carbocycles. The first-order valence-electron chi connectivity index (χ1n) is 10.8. The number of aromatic amines is 1. The molecule has 2 saturated heterocycles. The summed E-state index contributed by atoms with van der Waals surface area (Å²) in [4.78, 5) is 27.7. The fraction of sp³-hybridized carbons (Fsp3) is 0.375.